The van der Waals surface area contributed by atoms with Gasteiger partial charge in [-0.1, -0.05) is 0 Å². The molecule has 0 spiro atoms. The van der Waals surface area contributed by atoms with Crippen molar-refractivity contribution in [1.82, 2.24) is 0 Å². The Morgan fingerprint density at radius 3 is 1.18 bits per heavy atom. The fourth-order valence-corrected chi connectivity index (χ4v) is 24.8. The fourth-order valence-electron chi connectivity index (χ4n) is 8.64. The van der Waals surface area contributed by atoms with E-state index in [0.29, 0.717) is 19.1 Å². The molecule has 0 nitrogen and oxygen atoms in total. The van der Waals surface area contributed by atoms with Crippen molar-refractivity contribution in [3.8, 4) is 22.3 Å². The summed E-state index contributed by atoms with van der Waals surface area (Å²) in [5.74, 6) is 0.616. The van der Waals surface area contributed by atoms with E-state index in [-0.39, 0.29) is 24.8 Å². The average Bonchev–Trinajstić information content (AvgIpc) is 3.61. The molecule has 0 saturated carbocycles. The normalized spacial score (nSPS) is 18.6. The van der Waals surface area contributed by atoms with E-state index in [1.54, 1.807) is 24.3 Å². The van der Waals surface area contributed by atoms with Crippen molar-refractivity contribution in [2.75, 3.05) is 0 Å². The Balaban J connectivity index is 0.00000243. The number of benzene rings is 4. The molecule has 1 aliphatic heterocycles. The molecule has 1 fully saturated rings. The SMILES string of the molecule is CC(C)C1=Cc2c(-c3ccc(C(F)(F)F)cc3)cccc2[CH]1[Zr+2]1([CH]2C(C(C)C)=Cc3c(-c4ccc(C(F)(F)F)cc4)cccc32)[CH2]C[CH2]1.[Cl-].[Cl-]. The number of hydrogen-bond donors (Lipinski definition) is 0. The minimum absolute atomic E-state index is 0. The van der Waals surface area contributed by atoms with Crippen molar-refractivity contribution >= 4 is 12.2 Å². The molecule has 0 bridgehead atoms. The third-order valence-electron chi connectivity index (χ3n) is 11.0. The molecule has 0 N–H and O–H groups in total. The summed E-state index contributed by atoms with van der Waals surface area (Å²) >= 11 is -3.24. The van der Waals surface area contributed by atoms with Gasteiger partial charge in [-0.25, -0.2) is 0 Å². The summed E-state index contributed by atoms with van der Waals surface area (Å²) in [4.78, 5) is 0. The minimum Gasteiger partial charge on any atom is -1.00 e. The Hall–Kier alpha value is -2.60. The van der Waals surface area contributed by atoms with E-state index in [1.165, 1.54) is 61.2 Å². The van der Waals surface area contributed by atoms with Crippen molar-refractivity contribution in [3.63, 3.8) is 0 Å². The van der Waals surface area contributed by atoms with Gasteiger partial charge < -0.3 is 24.8 Å². The fraction of sp³-hybridized carbons (Fsp3) is 0.317. The first kappa shape index (κ1) is 38.6. The maximum absolute atomic E-state index is 13.4. The number of fused-ring (bicyclic) bond motifs is 2. The van der Waals surface area contributed by atoms with Crippen molar-refractivity contribution in [2.45, 2.75) is 62.0 Å². The molecule has 2 unspecified atom stereocenters. The first-order valence-electron chi connectivity index (χ1n) is 16.7. The Labute approximate surface area is 307 Å². The van der Waals surface area contributed by atoms with Gasteiger partial charge in [0, 0.05) is 0 Å². The van der Waals surface area contributed by atoms with Crippen LogP contribution < -0.4 is 24.8 Å². The minimum atomic E-state index is -4.39. The number of rotatable bonds is 6. The van der Waals surface area contributed by atoms with Gasteiger partial charge in [0.15, 0.2) is 0 Å². The smallest absolute Gasteiger partial charge is 1.00 e. The molecule has 0 amide bonds. The van der Waals surface area contributed by atoms with Crippen molar-refractivity contribution in [2.24, 2.45) is 11.8 Å². The van der Waals surface area contributed by atoms with Gasteiger partial charge in [-0.3, -0.25) is 0 Å². The zero-order chi connectivity index (χ0) is 34.2. The molecule has 4 aromatic carbocycles. The van der Waals surface area contributed by atoms with Crippen LogP contribution in [0.15, 0.2) is 96.1 Å². The molecule has 9 heteroatoms. The molecule has 50 heavy (non-hydrogen) atoms. The van der Waals surface area contributed by atoms with Crippen LogP contribution in [0.2, 0.25) is 8.26 Å². The van der Waals surface area contributed by atoms with Gasteiger partial charge in [0.05, 0.1) is 0 Å². The Morgan fingerprint density at radius 1 is 0.540 bits per heavy atom. The van der Waals surface area contributed by atoms with Gasteiger partial charge >= 0.3 is 284 Å². The number of allylic oxidation sites excluding steroid dienone is 2. The standard InChI is InChI=1S/2C19H16F3.C3H6.2ClH.Zr/c2*1-12(2)15-10-14-4-3-5-17(18(14)11-15)13-6-8-16(9-7-13)19(20,21)22;1-3-2;;;/h2*3-12H,1-2H3;1-3H2;2*1H;/q;;;;;+2/p-2. The van der Waals surface area contributed by atoms with Crippen molar-refractivity contribution in [3.05, 3.63) is 129 Å². The second kappa shape index (κ2) is 14.1. The van der Waals surface area contributed by atoms with Crippen molar-refractivity contribution < 1.29 is 71.4 Å². The van der Waals surface area contributed by atoms with E-state index in [1.807, 2.05) is 12.1 Å². The maximum Gasteiger partial charge on any atom is -1.00 e. The molecule has 262 valence electrons. The monoisotopic (exact) mass is 804 g/mol. The van der Waals surface area contributed by atoms with Crippen LogP contribution in [0.3, 0.4) is 0 Å². The molecule has 4 aromatic rings. The zero-order valence-electron chi connectivity index (χ0n) is 28.2. The van der Waals surface area contributed by atoms with E-state index < -0.39 is 43.7 Å². The Bertz CT molecular complexity index is 1800. The van der Waals surface area contributed by atoms with Gasteiger partial charge in [0.2, 0.25) is 0 Å². The number of hydrogen-bond acceptors (Lipinski definition) is 0. The van der Waals surface area contributed by atoms with Gasteiger partial charge in [0.1, 0.15) is 0 Å². The van der Waals surface area contributed by atoms with Crippen molar-refractivity contribution in [1.29, 1.82) is 0 Å². The summed E-state index contributed by atoms with van der Waals surface area (Å²) in [6, 6.07) is 23.7. The summed E-state index contributed by atoms with van der Waals surface area (Å²) in [7, 11) is 0. The van der Waals surface area contributed by atoms with E-state index in [0.717, 1.165) is 33.4 Å². The second-order valence-corrected chi connectivity index (χ2v) is 25.7. The van der Waals surface area contributed by atoms with E-state index in [9.17, 15) is 26.3 Å². The predicted octanol–water partition coefficient (Wildman–Crippen LogP) is 7.35. The van der Waals surface area contributed by atoms with Crippen LogP contribution in [0.5, 0.6) is 0 Å². The summed E-state index contributed by atoms with van der Waals surface area (Å²) in [5.41, 5.74) is 10.0. The van der Waals surface area contributed by atoms with Crippen LogP contribution in [0.4, 0.5) is 26.3 Å². The van der Waals surface area contributed by atoms with Gasteiger partial charge in [0.25, 0.3) is 0 Å². The topological polar surface area (TPSA) is 0 Å². The number of halogens is 8. The molecule has 3 aliphatic rings. The average molecular weight is 807 g/mol. The van der Waals surface area contributed by atoms with Gasteiger partial charge in [-0.05, 0) is 0 Å². The van der Waals surface area contributed by atoms with Crippen LogP contribution in [-0.4, -0.2) is 0 Å². The van der Waals surface area contributed by atoms with Gasteiger partial charge in [-0.15, -0.1) is 0 Å². The first-order chi connectivity index (χ1) is 22.7. The molecule has 0 aromatic heterocycles. The number of alkyl halides is 6. The van der Waals surface area contributed by atoms with Crippen LogP contribution in [0.1, 0.15) is 74.7 Å². The van der Waals surface area contributed by atoms with E-state index >= 15 is 0 Å². The van der Waals surface area contributed by atoms with Crippen LogP contribution in [0.25, 0.3) is 34.4 Å². The molecule has 7 rings (SSSR count). The molecular formula is C41H38Cl2F6Zr. The van der Waals surface area contributed by atoms with Crippen LogP contribution in [0, 0.1) is 11.8 Å². The van der Waals surface area contributed by atoms with Gasteiger partial charge in [-0.2, -0.15) is 0 Å². The summed E-state index contributed by atoms with van der Waals surface area (Å²) in [5, 5.41) is 0. The molecule has 2 aliphatic carbocycles. The van der Waals surface area contributed by atoms with E-state index in [4.69, 9.17) is 0 Å². The second-order valence-electron chi connectivity index (χ2n) is 14.3. The Kier molecular flexibility index (Phi) is 10.9. The van der Waals surface area contributed by atoms with Crippen LogP contribution in [-0.2, 0) is 32.6 Å². The third kappa shape index (κ3) is 6.49. The molecular weight excluding hydrogens is 769 g/mol. The zero-order valence-corrected chi connectivity index (χ0v) is 32.2. The summed E-state index contributed by atoms with van der Waals surface area (Å²) in [6.45, 7) is 9.02. The summed E-state index contributed by atoms with van der Waals surface area (Å²) < 4.78 is 83.5. The largest absolute Gasteiger partial charge is 1.00 e. The summed E-state index contributed by atoms with van der Waals surface area (Å²) in [6.07, 6.45) is -2.88. The van der Waals surface area contributed by atoms with Crippen LogP contribution >= 0.6 is 0 Å². The molecule has 1 heterocycles. The Morgan fingerprint density at radius 2 is 0.900 bits per heavy atom. The maximum atomic E-state index is 13.4. The first-order valence-corrected chi connectivity index (χ1v) is 23.1. The third-order valence-corrected chi connectivity index (χ3v) is 26.1. The quantitative estimate of drug-likeness (QED) is 0.179. The van der Waals surface area contributed by atoms with E-state index in [2.05, 4.69) is 64.1 Å². The molecule has 1 saturated heterocycles. The molecule has 2 atom stereocenters. The molecule has 0 radical (unpaired) electrons. The predicted molar refractivity (Wildman–Crippen MR) is 179 cm³/mol.